The third-order valence-electron chi connectivity index (χ3n) is 2.12. The van der Waals surface area contributed by atoms with Crippen LogP contribution in [-0.2, 0) is 0 Å². The van der Waals surface area contributed by atoms with Crippen molar-refractivity contribution < 1.29 is 9.84 Å². The Morgan fingerprint density at radius 2 is 2.17 bits per heavy atom. The maximum Gasteiger partial charge on any atom is 0.119 e. The van der Waals surface area contributed by atoms with Crippen molar-refractivity contribution in [2.24, 2.45) is 0 Å². The van der Waals surface area contributed by atoms with E-state index in [9.17, 15) is 5.11 Å². The predicted octanol–water partition coefficient (Wildman–Crippen LogP) is 1.80. The fourth-order valence-corrected chi connectivity index (χ4v) is 1.45. The van der Waals surface area contributed by atoms with Gasteiger partial charge in [0.25, 0.3) is 0 Å². The Kier molecular flexibility index (Phi) is 6.44. The van der Waals surface area contributed by atoms with Crippen LogP contribution in [0.2, 0.25) is 0 Å². The molecule has 0 spiro atoms. The van der Waals surface area contributed by atoms with Gasteiger partial charge in [-0.05, 0) is 24.3 Å². The number of nitrogens with zero attached hydrogens (tertiary/aromatic N) is 1. The molecular formula is C13H15BrN2O2. The highest BCUT2D eigenvalue weighted by Crippen LogP contribution is 2.11. The molecular weight excluding hydrogens is 296 g/mol. The van der Waals surface area contributed by atoms with Crippen molar-refractivity contribution in [1.82, 2.24) is 5.32 Å². The normalized spacial score (nSPS) is 11.6. The Balaban J connectivity index is 2.27. The summed E-state index contributed by atoms with van der Waals surface area (Å²) in [5.74, 6) is 0.637. The van der Waals surface area contributed by atoms with Gasteiger partial charge < -0.3 is 15.2 Å². The van der Waals surface area contributed by atoms with Gasteiger partial charge in [0.05, 0.1) is 11.6 Å². The predicted molar refractivity (Wildman–Crippen MR) is 73.6 cm³/mol. The van der Waals surface area contributed by atoms with Crippen molar-refractivity contribution in [2.75, 3.05) is 19.7 Å². The Labute approximate surface area is 115 Å². The monoisotopic (exact) mass is 310 g/mol. The van der Waals surface area contributed by atoms with Gasteiger partial charge in [-0.1, -0.05) is 22.5 Å². The largest absolute Gasteiger partial charge is 0.491 e. The molecule has 1 aromatic rings. The lowest BCUT2D eigenvalue weighted by Crippen LogP contribution is -2.32. The number of hydrogen-bond donors (Lipinski definition) is 2. The summed E-state index contributed by atoms with van der Waals surface area (Å²) in [7, 11) is 0. The minimum atomic E-state index is -0.590. The first kappa shape index (κ1) is 14.7. The third-order valence-corrected chi connectivity index (χ3v) is 2.40. The number of nitrogens with one attached hydrogen (secondary N) is 1. The molecule has 1 aromatic carbocycles. The SMILES string of the molecule is C=C(Br)CNCC(O)COc1ccc(C#N)cc1. The van der Waals surface area contributed by atoms with Gasteiger partial charge >= 0.3 is 0 Å². The number of nitriles is 1. The molecule has 96 valence electrons. The van der Waals surface area contributed by atoms with E-state index in [1.807, 2.05) is 6.07 Å². The van der Waals surface area contributed by atoms with Crippen LogP contribution < -0.4 is 10.1 Å². The van der Waals surface area contributed by atoms with E-state index in [-0.39, 0.29) is 6.61 Å². The maximum atomic E-state index is 9.64. The number of ether oxygens (including phenoxy) is 1. The van der Waals surface area contributed by atoms with Crippen LogP contribution in [0.3, 0.4) is 0 Å². The molecule has 1 atom stereocenters. The van der Waals surface area contributed by atoms with E-state index in [1.54, 1.807) is 24.3 Å². The van der Waals surface area contributed by atoms with E-state index in [1.165, 1.54) is 0 Å². The molecule has 0 amide bonds. The molecule has 1 rings (SSSR count). The highest BCUT2D eigenvalue weighted by atomic mass is 79.9. The van der Waals surface area contributed by atoms with Crippen LogP contribution in [0.4, 0.5) is 0 Å². The average Bonchev–Trinajstić information content (AvgIpc) is 2.36. The number of halogens is 1. The van der Waals surface area contributed by atoms with Crippen molar-refractivity contribution in [3.63, 3.8) is 0 Å². The summed E-state index contributed by atoms with van der Waals surface area (Å²) in [4.78, 5) is 0. The molecule has 0 saturated heterocycles. The van der Waals surface area contributed by atoms with Gasteiger partial charge in [0.1, 0.15) is 18.5 Å². The highest BCUT2D eigenvalue weighted by molar-refractivity contribution is 9.11. The number of hydrogen-bond acceptors (Lipinski definition) is 4. The number of aliphatic hydroxyl groups excluding tert-OH is 1. The molecule has 0 fully saturated rings. The lowest BCUT2D eigenvalue weighted by molar-refractivity contribution is 0.107. The van der Waals surface area contributed by atoms with Crippen LogP contribution in [0.25, 0.3) is 0 Å². The molecule has 0 aliphatic carbocycles. The summed E-state index contributed by atoms with van der Waals surface area (Å²) in [5.41, 5.74) is 0.584. The van der Waals surface area contributed by atoms with Crippen molar-refractivity contribution in [3.8, 4) is 11.8 Å². The van der Waals surface area contributed by atoms with E-state index >= 15 is 0 Å². The standard InChI is InChI=1S/C13H15BrN2O2/c1-10(14)7-16-8-12(17)9-18-13-4-2-11(6-15)3-5-13/h2-5,12,16-17H,1,7-9H2. The molecule has 0 aliphatic heterocycles. The zero-order chi connectivity index (χ0) is 13.4. The second-order valence-corrected chi connectivity index (χ2v) is 4.87. The van der Waals surface area contributed by atoms with Crippen LogP contribution >= 0.6 is 15.9 Å². The molecule has 0 heterocycles. The third kappa shape index (κ3) is 5.82. The first-order chi connectivity index (χ1) is 8.61. The topological polar surface area (TPSA) is 65.3 Å². The zero-order valence-corrected chi connectivity index (χ0v) is 11.5. The van der Waals surface area contributed by atoms with E-state index in [0.717, 1.165) is 4.48 Å². The minimum Gasteiger partial charge on any atom is -0.491 e. The molecule has 0 bridgehead atoms. The van der Waals surface area contributed by atoms with Gasteiger partial charge in [0.15, 0.2) is 0 Å². The van der Waals surface area contributed by atoms with Gasteiger partial charge in [0, 0.05) is 17.6 Å². The number of aliphatic hydroxyl groups is 1. The van der Waals surface area contributed by atoms with Crippen LogP contribution in [0.1, 0.15) is 5.56 Å². The van der Waals surface area contributed by atoms with E-state index in [2.05, 4.69) is 27.8 Å². The zero-order valence-electron chi connectivity index (χ0n) is 9.90. The van der Waals surface area contributed by atoms with Crippen LogP contribution in [0.5, 0.6) is 5.75 Å². The fourth-order valence-electron chi connectivity index (χ4n) is 1.25. The molecule has 4 nitrogen and oxygen atoms in total. The average molecular weight is 311 g/mol. The summed E-state index contributed by atoms with van der Waals surface area (Å²) < 4.78 is 6.23. The van der Waals surface area contributed by atoms with Gasteiger partial charge in [-0.15, -0.1) is 0 Å². The molecule has 0 radical (unpaired) electrons. The van der Waals surface area contributed by atoms with Crippen molar-refractivity contribution in [2.45, 2.75) is 6.10 Å². The van der Waals surface area contributed by atoms with Gasteiger partial charge in [0.2, 0.25) is 0 Å². The van der Waals surface area contributed by atoms with E-state index < -0.39 is 6.10 Å². The van der Waals surface area contributed by atoms with Gasteiger partial charge in [-0.2, -0.15) is 5.26 Å². The van der Waals surface area contributed by atoms with Gasteiger partial charge in [-0.3, -0.25) is 0 Å². The van der Waals surface area contributed by atoms with Crippen LogP contribution in [0.15, 0.2) is 35.3 Å². The summed E-state index contributed by atoms with van der Waals surface area (Å²) in [6.07, 6.45) is -0.590. The molecule has 0 saturated carbocycles. The molecule has 0 aliphatic rings. The Bertz CT molecular complexity index is 426. The summed E-state index contributed by atoms with van der Waals surface area (Å²) >= 11 is 3.22. The van der Waals surface area contributed by atoms with Crippen molar-refractivity contribution >= 4 is 15.9 Å². The maximum absolute atomic E-state index is 9.64. The molecule has 5 heteroatoms. The highest BCUT2D eigenvalue weighted by Gasteiger charge is 2.04. The van der Waals surface area contributed by atoms with Gasteiger partial charge in [-0.25, -0.2) is 0 Å². The molecule has 0 aromatic heterocycles. The summed E-state index contributed by atoms with van der Waals surface area (Å²) in [6, 6.07) is 8.80. The quantitative estimate of drug-likeness (QED) is 0.806. The van der Waals surface area contributed by atoms with E-state index in [0.29, 0.717) is 24.4 Å². The van der Waals surface area contributed by atoms with Crippen LogP contribution in [0, 0.1) is 11.3 Å². The summed E-state index contributed by atoms with van der Waals surface area (Å²) in [5, 5.41) is 21.3. The Morgan fingerprint density at radius 3 is 2.72 bits per heavy atom. The summed E-state index contributed by atoms with van der Waals surface area (Å²) in [6.45, 7) is 4.92. The minimum absolute atomic E-state index is 0.202. The lowest BCUT2D eigenvalue weighted by Gasteiger charge is -2.13. The van der Waals surface area contributed by atoms with Crippen LogP contribution in [-0.4, -0.2) is 30.9 Å². The first-order valence-electron chi connectivity index (χ1n) is 5.47. The number of rotatable bonds is 7. The van der Waals surface area contributed by atoms with Crippen molar-refractivity contribution in [3.05, 3.63) is 40.9 Å². The van der Waals surface area contributed by atoms with E-state index in [4.69, 9.17) is 10.00 Å². The second kappa shape index (κ2) is 7.88. The Hall–Kier alpha value is -1.35. The Morgan fingerprint density at radius 1 is 1.50 bits per heavy atom. The number of benzene rings is 1. The fraction of sp³-hybridized carbons (Fsp3) is 0.308. The molecule has 2 N–H and O–H groups in total. The molecule has 18 heavy (non-hydrogen) atoms. The smallest absolute Gasteiger partial charge is 0.119 e. The second-order valence-electron chi connectivity index (χ2n) is 3.75. The first-order valence-corrected chi connectivity index (χ1v) is 6.26. The molecule has 1 unspecified atom stereocenters. The lowest BCUT2D eigenvalue weighted by atomic mass is 10.2. The van der Waals surface area contributed by atoms with Crippen molar-refractivity contribution in [1.29, 1.82) is 5.26 Å².